The molecule has 7 heteroatoms. The molecule has 100 valence electrons. The van der Waals surface area contributed by atoms with Crippen LogP contribution in [0.1, 0.15) is 0 Å². The second-order valence-electron chi connectivity index (χ2n) is 4.03. The minimum absolute atomic E-state index is 0.269. The summed E-state index contributed by atoms with van der Waals surface area (Å²) in [6.45, 7) is 0. The molecule has 0 spiro atoms. The van der Waals surface area contributed by atoms with Crippen LogP contribution in [-0.2, 0) is 0 Å². The lowest BCUT2D eigenvalue weighted by atomic mass is 10.3. The third kappa shape index (κ3) is 2.55. The number of benzene rings is 1. The molecule has 0 saturated carbocycles. The quantitative estimate of drug-likeness (QED) is 0.723. The van der Waals surface area contributed by atoms with Crippen molar-refractivity contribution < 1.29 is 0 Å². The van der Waals surface area contributed by atoms with Gasteiger partial charge in [0.2, 0.25) is 11.9 Å². The van der Waals surface area contributed by atoms with Crippen molar-refractivity contribution in [2.24, 2.45) is 0 Å². The summed E-state index contributed by atoms with van der Waals surface area (Å²) in [5.41, 5.74) is 7.45. The number of hydrogen-bond acceptors (Lipinski definition) is 5. The summed E-state index contributed by atoms with van der Waals surface area (Å²) in [7, 11) is 0. The summed E-state index contributed by atoms with van der Waals surface area (Å²) < 4.78 is 1.50. The molecule has 0 amide bonds. The number of nitrogens with one attached hydrogen (secondary N) is 1. The highest BCUT2D eigenvalue weighted by Gasteiger charge is 2.09. The van der Waals surface area contributed by atoms with Gasteiger partial charge in [-0.25, -0.2) is 4.98 Å². The summed E-state index contributed by atoms with van der Waals surface area (Å²) in [5, 5.41) is 7.75. The van der Waals surface area contributed by atoms with E-state index in [1.54, 1.807) is 18.3 Å². The van der Waals surface area contributed by atoms with Crippen LogP contribution >= 0.6 is 11.6 Å². The molecule has 0 bridgehead atoms. The van der Waals surface area contributed by atoms with E-state index in [1.165, 1.54) is 4.68 Å². The van der Waals surface area contributed by atoms with Crippen LogP contribution in [0.25, 0.3) is 5.69 Å². The maximum absolute atomic E-state index is 5.86. The molecule has 1 aromatic carbocycles. The highest BCUT2D eigenvalue weighted by Crippen LogP contribution is 2.18. The smallest absolute Gasteiger partial charge is 0.248 e. The van der Waals surface area contributed by atoms with Gasteiger partial charge in [-0.1, -0.05) is 29.8 Å². The largest absolute Gasteiger partial charge is 0.368 e. The topological polar surface area (TPSA) is 81.6 Å². The van der Waals surface area contributed by atoms with E-state index in [-0.39, 0.29) is 5.95 Å². The number of para-hydroxylation sites is 1. The predicted molar refractivity (Wildman–Crippen MR) is 78.3 cm³/mol. The highest BCUT2D eigenvalue weighted by molar-refractivity contribution is 6.29. The molecule has 6 nitrogen and oxygen atoms in total. The molecular weight excluding hydrogens is 276 g/mol. The second-order valence-corrected chi connectivity index (χ2v) is 4.42. The summed E-state index contributed by atoms with van der Waals surface area (Å²) in [5.74, 6) is 0.687. The van der Waals surface area contributed by atoms with Crippen molar-refractivity contribution in [2.75, 3.05) is 11.1 Å². The van der Waals surface area contributed by atoms with Gasteiger partial charge in [0, 0.05) is 18.0 Å². The Morgan fingerprint density at radius 2 is 1.95 bits per heavy atom. The fourth-order valence-corrected chi connectivity index (χ4v) is 1.91. The van der Waals surface area contributed by atoms with Gasteiger partial charge in [0.1, 0.15) is 5.15 Å². The van der Waals surface area contributed by atoms with Crippen molar-refractivity contribution in [3.8, 4) is 5.69 Å². The maximum Gasteiger partial charge on any atom is 0.248 e. The van der Waals surface area contributed by atoms with Crippen LogP contribution < -0.4 is 11.1 Å². The lowest BCUT2D eigenvalue weighted by molar-refractivity contribution is 0.891. The fraction of sp³-hybridized carbons (Fsp3) is 0. The van der Waals surface area contributed by atoms with Gasteiger partial charge < -0.3 is 11.1 Å². The van der Waals surface area contributed by atoms with E-state index in [9.17, 15) is 0 Å². The number of anilines is 3. The Morgan fingerprint density at radius 1 is 1.15 bits per heavy atom. The SMILES string of the molecule is Nc1nc(Nc2ccccc2)nn1-c1ccnc(Cl)c1. The summed E-state index contributed by atoms with van der Waals surface area (Å²) in [6.07, 6.45) is 1.59. The minimum Gasteiger partial charge on any atom is -0.368 e. The molecule has 2 aromatic heterocycles. The minimum atomic E-state index is 0.269. The van der Waals surface area contributed by atoms with Crippen molar-refractivity contribution in [3.63, 3.8) is 0 Å². The summed E-state index contributed by atoms with van der Waals surface area (Å²) >= 11 is 5.85. The number of nitrogens with zero attached hydrogens (tertiary/aromatic N) is 4. The summed E-state index contributed by atoms with van der Waals surface area (Å²) in [4.78, 5) is 8.08. The summed E-state index contributed by atoms with van der Waals surface area (Å²) in [6, 6.07) is 13.0. The molecule has 0 unspecified atom stereocenters. The molecule has 2 heterocycles. The molecule has 0 aliphatic rings. The zero-order valence-corrected chi connectivity index (χ0v) is 11.1. The van der Waals surface area contributed by atoms with E-state index >= 15 is 0 Å². The molecule has 0 atom stereocenters. The number of rotatable bonds is 3. The molecule has 20 heavy (non-hydrogen) atoms. The van der Waals surface area contributed by atoms with Crippen molar-refractivity contribution in [1.29, 1.82) is 0 Å². The fourth-order valence-electron chi connectivity index (χ4n) is 1.74. The first kappa shape index (κ1) is 12.4. The number of hydrogen-bond donors (Lipinski definition) is 2. The van der Waals surface area contributed by atoms with Crippen LogP contribution in [0.15, 0.2) is 48.7 Å². The third-order valence-electron chi connectivity index (χ3n) is 2.62. The van der Waals surface area contributed by atoms with Crippen LogP contribution in [0.4, 0.5) is 17.6 Å². The van der Waals surface area contributed by atoms with Gasteiger partial charge in [-0.2, -0.15) is 9.67 Å². The second kappa shape index (κ2) is 5.18. The normalized spacial score (nSPS) is 10.4. The van der Waals surface area contributed by atoms with Gasteiger partial charge in [0.25, 0.3) is 0 Å². The van der Waals surface area contributed by atoms with Gasteiger partial charge in [-0.05, 0) is 18.2 Å². The van der Waals surface area contributed by atoms with Crippen molar-refractivity contribution in [3.05, 3.63) is 53.8 Å². The number of nitrogen functional groups attached to an aromatic ring is 1. The van der Waals surface area contributed by atoms with Crippen LogP contribution in [0.2, 0.25) is 5.15 Å². The van der Waals surface area contributed by atoms with E-state index in [2.05, 4.69) is 20.4 Å². The lowest BCUT2D eigenvalue weighted by Gasteiger charge is -2.02. The Morgan fingerprint density at radius 3 is 2.70 bits per heavy atom. The van der Waals surface area contributed by atoms with E-state index in [0.29, 0.717) is 16.8 Å². The van der Waals surface area contributed by atoms with E-state index in [1.807, 2.05) is 30.3 Å². The third-order valence-corrected chi connectivity index (χ3v) is 2.82. The molecule has 0 aliphatic heterocycles. The van der Waals surface area contributed by atoms with Gasteiger partial charge in [-0.15, -0.1) is 5.10 Å². The molecular formula is C13H11ClN6. The van der Waals surface area contributed by atoms with E-state index < -0.39 is 0 Å². The predicted octanol–water partition coefficient (Wildman–Crippen LogP) is 2.64. The number of nitrogens with two attached hydrogens (primary N) is 1. The number of aromatic nitrogens is 4. The Bertz CT molecular complexity index is 725. The first-order valence-corrected chi connectivity index (χ1v) is 6.27. The van der Waals surface area contributed by atoms with Crippen molar-refractivity contribution in [2.45, 2.75) is 0 Å². The molecule has 3 rings (SSSR count). The first-order chi connectivity index (χ1) is 9.72. The molecule has 0 aliphatic carbocycles. The lowest BCUT2D eigenvalue weighted by Crippen LogP contribution is -2.02. The van der Waals surface area contributed by atoms with E-state index in [4.69, 9.17) is 17.3 Å². The Hall–Kier alpha value is -2.60. The van der Waals surface area contributed by atoms with Gasteiger partial charge in [0.05, 0.1) is 5.69 Å². The Labute approximate surface area is 120 Å². The average Bonchev–Trinajstić information content (AvgIpc) is 2.81. The average molecular weight is 287 g/mol. The van der Waals surface area contributed by atoms with Gasteiger partial charge >= 0.3 is 0 Å². The number of halogens is 1. The first-order valence-electron chi connectivity index (χ1n) is 5.89. The van der Waals surface area contributed by atoms with Crippen molar-refractivity contribution in [1.82, 2.24) is 19.7 Å². The molecule has 0 fully saturated rings. The van der Waals surface area contributed by atoms with Crippen molar-refractivity contribution >= 4 is 29.2 Å². The molecule has 3 aromatic rings. The van der Waals surface area contributed by atoms with Crippen LogP contribution in [-0.4, -0.2) is 19.7 Å². The monoisotopic (exact) mass is 286 g/mol. The standard InChI is InChI=1S/C13H11ClN6/c14-11-8-10(6-7-16-11)20-12(15)18-13(19-20)17-9-4-2-1-3-5-9/h1-8H,(H3,15,17,18,19). The van der Waals surface area contributed by atoms with Crippen LogP contribution in [0.5, 0.6) is 0 Å². The van der Waals surface area contributed by atoms with Gasteiger partial charge in [-0.3, -0.25) is 0 Å². The molecule has 3 N–H and O–H groups in total. The van der Waals surface area contributed by atoms with Gasteiger partial charge in [0.15, 0.2) is 0 Å². The zero-order valence-electron chi connectivity index (χ0n) is 10.4. The Balaban J connectivity index is 1.91. The van der Waals surface area contributed by atoms with E-state index in [0.717, 1.165) is 5.69 Å². The zero-order chi connectivity index (χ0) is 13.9. The highest BCUT2D eigenvalue weighted by atomic mass is 35.5. The number of pyridine rings is 1. The maximum atomic E-state index is 5.86. The molecule has 0 saturated heterocycles. The Kier molecular flexibility index (Phi) is 3.22. The molecule has 0 radical (unpaired) electrons. The van der Waals surface area contributed by atoms with Crippen LogP contribution in [0, 0.1) is 0 Å². The van der Waals surface area contributed by atoms with Crippen LogP contribution in [0.3, 0.4) is 0 Å².